The maximum absolute atomic E-state index is 13.1. The first kappa shape index (κ1) is 23.0. The maximum Gasteiger partial charge on any atom is 0.338 e. The molecule has 0 N–H and O–H groups in total. The van der Waals surface area contributed by atoms with E-state index in [1.54, 1.807) is 32.2 Å². The Morgan fingerprint density at radius 1 is 1.03 bits per heavy atom. The van der Waals surface area contributed by atoms with Crippen LogP contribution in [0.15, 0.2) is 53.4 Å². The number of hydrogen-bond acceptors (Lipinski definition) is 5. The van der Waals surface area contributed by atoms with Crippen LogP contribution in [0.4, 0.5) is 5.69 Å². The average molecular weight is 445 g/mol. The van der Waals surface area contributed by atoms with Crippen molar-refractivity contribution in [3.05, 3.63) is 59.7 Å². The van der Waals surface area contributed by atoms with E-state index >= 15 is 0 Å². The molecule has 0 saturated carbocycles. The normalized spacial score (nSPS) is 15.8. The lowest BCUT2D eigenvalue weighted by Crippen LogP contribution is -2.37. The molecule has 1 aliphatic heterocycles. The van der Waals surface area contributed by atoms with E-state index in [0.29, 0.717) is 24.3 Å². The first-order valence-electron chi connectivity index (χ1n) is 10.4. The van der Waals surface area contributed by atoms with E-state index in [-0.39, 0.29) is 16.4 Å². The minimum absolute atomic E-state index is 0.100. The third-order valence-electron chi connectivity index (χ3n) is 5.46. The summed E-state index contributed by atoms with van der Waals surface area (Å²) in [6.45, 7) is 4.16. The molecule has 7 nitrogen and oxygen atoms in total. The third kappa shape index (κ3) is 5.14. The van der Waals surface area contributed by atoms with Gasteiger partial charge in [-0.05, 0) is 56.5 Å². The van der Waals surface area contributed by atoms with Crippen molar-refractivity contribution in [1.82, 2.24) is 4.31 Å². The van der Waals surface area contributed by atoms with Gasteiger partial charge >= 0.3 is 5.97 Å². The van der Waals surface area contributed by atoms with Crippen molar-refractivity contribution in [1.29, 1.82) is 0 Å². The molecule has 3 rings (SSSR count). The number of sulfonamides is 1. The number of hydrogen-bond donors (Lipinski definition) is 0. The van der Waals surface area contributed by atoms with Crippen molar-refractivity contribution in [3.63, 3.8) is 0 Å². The molecule has 0 aromatic heterocycles. The lowest BCUT2D eigenvalue weighted by molar-refractivity contribution is -0.126. The smallest absolute Gasteiger partial charge is 0.338 e. The SMILES string of the molecule is Cc1ccc(C(=O)OC(C)C(=O)N(C)c2ccccc2)cc1S(=O)(=O)N1CCCCC1. The summed E-state index contributed by atoms with van der Waals surface area (Å²) in [6, 6.07) is 13.5. The highest BCUT2D eigenvalue weighted by Gasteiger charge is 2.29. The number of anilines is 1. The van der Waals surface area contributed by atoms with Crippen molar-refractivity contribution in [3.8, 4) is 0 Å². The first-order valence-corrected chi connectivity index (χ1v) is 11.8. The standard InChI is InChI=1S/C23H28N2O5S/c1-17-12-13-19(16-21(17)31(28,29)25-14-8-5-9-15-25)23(27)30-18(2)22(26)24(3)20-10-6-4-7-11-20/h4,6-7,10-13,16,18H,5,8-9,14-15H2,1-3H3. The van der Waals surface area contributed by atoms with Gasteiger partial charge in [0.1, 0.15) is 0 Å². The van der Waals surface area contributed by atoms with E-state index in [0.717, 1.165) is 19.3 Å². The quantitative estimate of drug-likeness (QED) is 0.638. The van der Waals surface area contributed by atoms with Gasteiger partial charge in [0, 0.05) is 25.8 Å². The second-order valence-electron chi connectivity index (χ2n) is 7.73. The molecule has 1 amide bonds. The predicted octanol–water partition coefficient (Wildman–Crippen LogP) is 3.38. The molecule has 0 aliphatic carbocycles. The summed E-state index contributed by atoms with van der Waals surface area (Å²) in [5, 5.41) is 0. The van der Waals surface area contributed by atoms with E-state index in [2.05, 4.69) is 0 Å². The van der Waals surface area contributed by atoms with Gasteiger partial charge in [0.2, 0.25) is 10.0 Å². The molecule has 1 fully saturated rings. The number of carbonyl (C=O) groups excluding carboxylic acids is 2. The van der Waals surface area contributed by atoms with E-state index in [9.17, 15) is 18.0 Å². The fourth-order valence-electron chi connectivity index (χ4n) is 3.58. The highest BCUT2D eigenvalue weighted by Crippen LogP contribution is 2.25. The Bertz CT molecular complexity index is 1050. The van der Waals surface area contributed by atoms with Crippen LogP contribution >= 0.6 is 0 Å². The van der Waals surface area contributed by atoms with Crippen molar-refractivity contribution >= 4 is 27.6 Å². The molecule has 1 aliphatic rings. The molecule has 2 aromatic rings. The van der Waals surface area contributed by atoms with Crippen molar-refractivity contribution < 1.29 is 22.7 Å². The molecule has 0 spiro atoms. The molecule has 1 unspecified atom stereocenters. The Morgan fingerprint density at radius 3 is 2.32 bits per heavy atom. The Kier molecular flexibility index (Phi) is 7.12. The first-order chi connectivity index (χ1) is 14.7. The topological polar surface area (TPSA) is 84.0 Å². The van der Waals surface area contributed by atoms with E-state index in [1.807, 2.05) is 18.2 Å². The number of piperidine rings is 1. The molecule has 166 valence electrons. The zero-order valence-corrected chi connectivity index (χ0v) is 18.9. The second-order valence-corrected chi connectivity index (χ2v) is 9.63. The van der Waals surface area contributed by atoms with Gasteiger partial charge in [-0.1, -0.05) is 30.7 Å². The van der Waals surface area contributed by atoms with Gasteiger partial charge in [-0.2, -0.15) is 4.31 Å². The van der Waals surface area contributed by atoms with Crippen LogP contribution in [0.1, 0.15) is 42.1 Å². The molecule has 2 aromatic carbocycles. The summed E-state index contributed by atoms with van der Waals surface area (Å²) >= 11 is 0. The zero-order chi connectivity index (χ0) is 22.6. The van der Waals surface area contributed by atoms with E-state index < -0.39 is 22.1 Å². The number of nitrogens with zero attached hydrogens (tertiary/aromatic N) is 2. The van der Waals surface area contributed by atoms with Gasteiger partial charge in [0.15, 0.2) is 6.10 Å². The molecule has 0 radical (unpaired) electrons. The summed E-state index contributed by atoms with van der Waals surface area (Å²) in [5.74, 6) is -1.12. The van der Waals surface area contributed by atoms with Gasteiger partial charge in [0.05, 0.1) is 10.5 Å². The Labute approximate surface area is 183 Å². The molecule has 31 heavy (non-hydrogen) atoms. The Balaban J connectivity index is 1.76. The van der Waals surface area contributed by atoms with Crippen LogP contribution in [0.2, 0.25) is 0 Å². The van der Waals surface area contributed by atoms with Gasteiger partial charge in [0.25, 0.3) is 5.91 Å². The number of ether oxygens (including phenoxy) is 1. The van der Waals surface area contributed by atoms with Gasteiger partial charge in [-0.15, -0.1) is 0 Å². The number of benzene rings is 2. The molecule has 0 bridgehead atoms. The third-order valence-corrected chi connectivity index (χ3v) is 7.50. The Morgan fingerprint density at radius 2 is 1.68 bits per heavy atom. The van der Waals surface area contributed by atoms with Crippen molar-refractivity contribution in [2.45, 2.75) is 44.1 Å². The number of aryl methyl sites for hydroxylation is 1. The monoisotopic (exact) mass is 444 g/mol. The molecule has 8 heteroatoms. The minimum Gasteiger partial charge on any atom is -0.449 e. The van der Waals surface area contributed by atoms with Crippen LogP contribution < -0.4 is 4.90 Å². The summed E-state index contributed by atoms with van der Waals surface area (Å²) < 4.78 is 33.0. The number of amides is 1. The molecular formula is C23H28N2O5S. The van der Waals surface area contributed by atoms with Gasteiger partial charge in [-0.25, -0.2) is 13.2 Å². The van der Waals surface area contributed by atoms with E-state index in [1.165, 1.54) is 28.3 Å². The lowest BCUT2D eigenvalue weighted by Gasteiger charge is -2.26. The number of likely N-dealkylation sites (N-methyl/N-ethyl adjacent to an activating group) is 1. The number of carbonyl (C=O) groups is 2. The van der Waals surface area contributed by atoms with Gasteiger partial charge in [-0.3, -0.25) is 4.79 Å². The second kappa shape index (κ2) is 9.62. The van der Waals surface area contributed by atoms with Crippen LogP contribution in [-0.2, 0) is 19.6 Å². The van der Waals surface area contributed by atoms with Crippen LogP contribution in [0.25, 0.3) is 0 Å². The molecule has 1 atom stereocenters. The molecular weight excluding hydrogens is 416 g/mol. The number of rotatable bonds is 6. The summed E-state index contributed by atoms with van der Waals surface area (Å²) in [4.78, 5) is 26.8. The van der Waals surface area contributed by atoms with Crippen molar-refractivity contribution in [2.75, 3.05) is 25.0 Å². The maximum atomic E-state index is 13.1. The summed E-state index contributed by atoms with van der Waals surface area (Å²) in [6.07, 6.45) is 1.64. The van der Waals surface area contributed by atoms with E-state index in [4.69, 9.17) is 4.74 Å². The predicted molar refractivity (Wildman–Crippen MR) is 119 cm³/mol. The zero-order valence-electron chi connectivity index (χ0n) is 18.1. The van der Waals surface area contributed by atoms with Crippen LogP contribution in [0, 0.1) is 6.92 Å². The lowest BCUT2D eigenvalue weighted by atomic mass is 10.1. The molecule has 1 saturated heterocycles. The number of para-hydroxylation sites is 1. The summed E-state index contributed by atoms with van der Waals surface area (Å²) in [5.41, 5.74) is 1.35. The summed E-state index contributed by atoms with van der Waals surface area (Å²) in [7, 11) is -2.08. The Hall–Kier alpha value is -2.71. The van der Waals surface area contributed by atoms with Crippen LogP contribution in [-0.4, -0.2) is 50.8 Å². The highest BCUT2D eigenvalue weighted by molar-refractivity contribution is 7.89. The van der Waals surface area contributed by atoms with Crippen molar-refractivity contribution in [2.24, 2.45) is 0 Å². The largest absolute Gasteiger partial charge is 0.449 e. The fourth-order valence-corrected chi connectivity index (χ4v) is 5.35. The van der Waals surface area contributed by atoms with Gasteiger partial charge < -0.3 is 9.64 Å². The minimum atomic E-state index is -3.69. The highest BCUT2D eigenvalue weighted by atomic mass is 32.2. The van der Waals surface area contributed by atoms with Crippen LogP contribution in [0.3, 0.4) is 0 Å². The fraction of sp³-hybridized carbons (Fsp3) is 0.391. The number of esters is 1. The van der Waals surface area contributed by atoms with Crippen LogP contribution in [0.5, 0.6) is 0 Å². The average Bonchev–Trinajstić information content (AvgIpc) is 2.79. The molecule has 1 heterocycles.